The maximum absolute atomic E-state index is 10.9. The lowest BCUT2D eigenvalue weighted by Crippen LogP contribution is -2.31. The van der Waals surface area contributed by atoms with Gasteiger partial charge in [0.2, 0.25) is 0 Å². The minimum absolute atomic E-state index is 0.338. The monoisotopic (exact) mass is 248 g/mol. The maximum Gasteiger partial charge on any atom is 0.330 e. The Bertz CT molecular complexity index is 374. The molecule has 0 spiro atoms. The van der Waals surface area contributed by atoms with Gasteiger partial charge in [-0.3, -0.25) is 0 Å². The van der Waals surface area contributed by atoms with E-state index in [1.807, 2.05) is 0 Å². The molecular formula is C15H20O3. The number of hydrogen-bond acceptors (Lipinski definition) is 3. The minimum atomic E-state index is -0.369. The molecule has 0 aliphatic heterocycles. The van der Waals surface area contributed by atoms with Crippen molar-refractivity contribution in [1.82, 2.24) is 0 Å². The van der Waals surface area contributed by atoms with E-state index in [0.29, 0.717) is 19.3 Å². The van der Waals surface area contributed by atoms with Crippen molar-refractivity contribution in [2.75, 3.05) is 13.2 Å². The smallest absolute Gasteiger partial charge is 0.330 e. The van der Waals surface area contributed by atoms with Crippen LogP contribution < -0.4 is 0 Å². The maximum atomic E-state index is 10.9. The summed E-state index contributed by atoms with van der Waals surface area (Å²) in [4.78, 5) is 10.9. The molecule has 18 heavy (non-hydrogen) atoms. The Balaban J connectivity index is 1.43. The lowest BCUT2D eigenvalue weighted by molar-refractivity contribution is -0.140. The highest BCUT2D eigenvalue weighted by atomic mass is 16.6. The van der Waals surface area contributed by atoms with Gasteiger partial charge in [-0.05, 0) is 42.9 Å². The quantitative estimate of drug-likeness (QED) is 0.324. The fraction of sp³-hybridized carbons (Fsp3) is 0.667. The molecule has 0 radical (unpaired) electrons. The van der Waals surface area contributed by atoms with Crippen molar-refractivity contribution in [3.63, 3.8) is 0 Å². The molecule has 2 saturated carbocycles. The summed E-state index contributed by atoms with van der Waals surface area (Å²) in [6.07, 6.45) is 10.1. The van der Waals surface area contributed by atoms with Gasteiger partial charge in [0.25, 0.3) is 0 Å². The standard InChI is InChI=1S/C15H20O3/c1-2-15(16)18-7-6-17-14-9-10-8-13(14)12-5-3-4-11(10)12/h2-4,10-14H,1,5-9H2/t10-,11+,12+,13+,14-/m1/s1. The van der Waals surface area contributed by atoms with E-state index >= 15 is 0 Å². The normalized spacial score (nSPS) is 39.9. The van der Waals surface area contributed by atoms with Crippen molar-refractivity contribution in [3.05, 3.63) is 24.8 Å². The molecule has 0 heterocycles. The number of carbonyl (C=O) groups excluding carboxylic acids is 1. The van der Waals surface area contributed by atoms with Gasteiger partial charge in [-0.1, -0.05) is 18.7 Å². The largest absolute Gasteiger partial charge is 0.460 e. The second kappa shape index (κ2) is 4.88. The van der Waals surface area contributed by atoms with Crippen LogP contribution in [-0.4, -0.2) is 25.3 Å². The van der Waals surface area contributed by atoms with Gasteiger partial charge in [-0.25, -0.2) is 4.79 Å². The van der Waals surface area contributed by atoms with E-state index < -0.39 is 0 Å². The molecule has 3 rings (SSSR count). The summed E-state index contributed by atoms with van der Waals surface area (Å²) < 4.78 is 10.8. The first-order chi connectivity index (χ1) is 8.79. The summed E-state index contributed by atoms with van der Waals surface area (Å²) in [7, 11) is 0. The fourth-order valence-electron chi connectivity index (χ4n) is 4.09. The average Bonchev–Trinajstić information content (AvgIpc) is 3.05. The number of esters is 1. The van der Waals surface area contributed by atoms with E-state index in [1.165, 1.54) is 25.3 Å². The lowest BCUT2D eigenvalue weighted by Gasteiger charge is -2.31. The number of allylic oxidation sites excluding steroid dienone is 2. The van der Waals surface area contributed by atoms with Gasteiger partial charge in [0.1, 0.15) is 6.61 Å². The highest BCUT2D eigenvalue weighted by Crippen LogP contribution is 2.57. The van der Waals surface area contributed by atoms with Crippen LogP contribution in [-0.2, 0) is 14.3 Å². The van der Waals surface area contributed by atoms with Crippen LogP contribution in [0.1, 0.15) is 19.3 Å². The lowest BCUT2D eigenvalue weighted by atomic mass is 9.80. The van der Waals surface area contributed by atoms with E-state index in [2.05, 4.69) is 18.7 Å². The first-order valence-electron chi connectivity index (χ1n) is 6.87. The fourth-order valence-corrected chi connectivity index (χ4v) is 4.09. The molecular weight excluding hydrogens is 228 g/mol. The molecule has 0 N–H and O–H groups in total. The third kappa shape index (κ3) is 2.01. The zero-order chi connectivity index (χ0) is 12.5. The van der Waals surface area contributed by atoms with Crippen LogP contribution in [0.5, 0.6) is 0 Å². The Morgan fingerprint density at radius 3 is 3.06 bits per heavy atom. The molecule has 0 saturated heterocycles. The van der Waals surface area contributed by atoms with Crippen molar-refractivity contribution < 1.29 is 14.3 Å². The van der Waals surface area contributed by atoms with Gasteiger partial charge in [0.05, 0.1) is 12.7 Å². The van der Waals surface area contributed by atoms with Crippen molar-refractivity contribution >= 4 is 5.97 Å². The van der Waals surface area contributed by atoms with E-state index in [0.717, 1.165) is 23.7 Å². The number of carbonyl (C=O) groups is 1. The van der Waals surface area contributed by atoms with Crippen molar-refractivity contribution in [3.8, 4) is 0 Å². The summed E-state index contributed by atoms with van der Waals surface area (Å²) in [5, 5.41) is 0. The summed E-state index contributed by atoms with van der Waals surface area (Å²) in [5.74, 6) is 2.84. The van der Waals surface area contributed by atoms with Gasteiger partial charge in [-0.15, -0.1) is 0 Å². The molecule has 0 aromatic rings. The molecule has 3 nitrogen and oxygen atoms in total. The summed E-state index contributed by atoms with van der Waals surface area (Å²) >= 11 is 0. The van der Waals surface area contributed by atoms with Crippen molar-refractivity contribution in [2.45, 2.75) is 25.4 Å². The first kappa shape index (κ1) is 12.0. The van der Waals surface area contributed by atoms with Crippen LogP contribution in [0.25, 0.3) is 0 Å². The van der Waals surface area contributed by atoms with Gasteiger partial charge >= 0.3 is 5.97 Å². The second-order valence-electron chi connectivity index (χ2n) is 5.58. The Hall–Kier alpha value is -1.09. The van der Waals surface area contributed by atoms with Crippen LogP contribution in [0.4, 0.5) is 0 Å². The van der Waals surface area contributed by atoms with Gasteiger partial charge in [-0.2, -0.15) is 0 Å². The summed E-state index contributed by atoms with van der Waals surface area (Å²) in [6, 6.07) is 0. The van der Waals surface area contributed by atoms with Crippen LogP contribution in [0, 0.1) is 23.7 Å². The third-order valence-corrected chi connectivity index (χ3v) is 4.77. The number of ether oxygens (including phenoxy) is 2. The van der Waals surface area contributed by atoms with Crippen LogP contribution in [0.15, 0.2) is 24.8 Å². The predicted molar refractivity (Wildman–Crippen MR) is 67.8 cm³/mol. The van der Waals surface area contributed by atoms with E-state index in [9.17, 15) is 4.79 Å². The van der Waals surface area contributed by atoms with Crippen LogP contribution in [0.2, 0.25) is 0 Å². The highest BCUT2D eigenvalue weighted by Gasteiger charge is 2.52. The Kier molecular flexibility index (Phi) is 3.25. The molecule has 0 amide bonds. The minimum Gasteiger partial charge on any atom is -0.460 e. The molecule has 0 aromatic carbocycles. The molecule has 3 aliphatic carbocycles. The van der Waals surface area contributed by atoms with Gasteiger partial charge < -0.3 is 9.47 Å². The molecule has 2 fully saturated rings. The van der Waals surface area contributed by atoms with Gasteiger partial charge in [0.15, 0.2) is 0 Å². The molecule has 98 valence electrons. The Labute approximate surface area is 108 Å². The second-order valence-corrected chi connectivity index (χ2v) is 5.58. The third-order valence-electron chi connectivity index (χ3n) is 4.77. The molecule has 0 aromatic heterocycles. The van der Waals surface area contributed by atoms with Crippen molar-refractivity contribution in [1.29, 1.82) is 0 Å². The van der Waals surface area contributed by atoms with Crippen molar-refractivity contribution in [2.24, 2.45) is 23.7 Å². The predicted octanol–water partition coefficient (Wildman–Crippen LogP) is 2.33. The topological polar surface area (TPSA) is 35.5 Å². The average molecular weight is 248 g/mol. The van der Waals surface area contributed by atoms with Crippen LogP contribution >= 0.6 is 0 Å². The van der Waals surface area contributed by atoms with Gasteiger partial charge in [0, 0.05) is 6.08 Å². The molecule has 3 aliphatic rings. The van der Waals surface area contributed by atoms with E-state index in [-0.39, 0.29) is 5.97 Å². The van der Waals surface area contributed by atoms with Crippen LogP contribution in [0.3, 0.4) is 0 Å². The molecule has 3 heteroatoms. The Morgan fingerprint density at radius 2 is 2.22 bits per heavy atom. The van der Waals surface area contributed by atoms with E-state index in [1.54, 1.807) is 0 Å². The number of rotatable bonds is 5. The zero-order valence-corrected chi connectivity index (χ0v) is 10.6. The summed E-state index contributed by atoms with van der Waals surface area (Å²) in [5.41, 5.74) is 0. The first-order valence-corrected chi connectivity index (χ1v) is 6.87. The zero-order valence-electron chi connectivity index (χ0n) is 10.6. The number of fused-ring (bicyclic) bond motifs is 5. The molecule has 0 unspecified atom stereocenters. The summed E-state index contributed by atoms with van der Waals surface area (Å²) in [6.45, 7) is 4.21. The number of hydrogen-bond donors (Lipinski definition) is 0. The molecule has 2 bridgehead atoms. The molecule has 5 atom stereocenters. The van der Waals surface area contributed by atoms with E-state index in [4.69, 9.17) is 9.47 Å². The Morgan fingerprint density at radius 1 is 1.33 bits per heavy atom. The highest BCUT2D eigenvalue weighted by molar-refractivity contribution is 5.81. The SMILES string of the molecule is C=CC(=O)OCCO[C@@H]1C[C@H]2C[C@H]1[C@H]1CC=C[C@@H]21.